The van der Waals surface area contributed by atoms with Crippen molar-refractivity contribution in [1.29, 1.82) is 0 Å². The molecule has 7 rings (SSSR count). The van der Waals surface area contributed by atoms with Gasteiger partial charge in [0.25, 0.3) is 0 Å². The molecule has 2 aromatic heterocycles. The van der Waals surface area contributed by atoms with E-state index in [0.29, 0.717) is 5.84 Å². The summed E-state index contributed by atoms with van der Waals surface area (Å²) in [5, 5.41) is 8.53. The van der Waals surface area contributed by atoms with Gasteiger partial charge in [-0.1, -0.05) is 54.6 Å². The minimum Gasteiger partial charge on any atom is -0.337 e. The molecule has 1 atom stereocenters. The van der Waals surface area contributed by atoms with Gasteiger partial charge in [-0.3, -0.25) is 0 Å². The third kappa shape index (κ3) is 3.82. The van der Waals surface area contributed by atoms with Crippen LogP contribution >= 0.6 is 0 Å². The smallest absolute Gasteiger partial charge is 0.179 e. The highest BCUT2D eigenvalue weighted by Gasteiger charge is 2.41. The van der Waals surface area contributed by atoms with Crippen LogP contribution in [0.25, 0.3) is 5.82 Å². The lowest BCUT2D eigenvalue weighted by Gasteiger charge is -2.40. The van der Waals surface area contributed by atoms with Crippen LogP contribution in [0.15, 0.2) is 107 Å². The first-order chi connectivity index (χ1) is 19.1. The number of aryl methyl sites for hydroxylation is 3. The standard InChI is InChI=1S/C32H27N7/c1-20-16-17-24(19-21(20)2)34-30-32-36-31-28(22(3)37-39(31)27-15-9-10-18-33-27)29(23-11-5-4-6-12-23)38(32)26-14-8-7-13-25(26)35-30/h4-19,29H,1-3H3,(H,34,35)/t29-/m0/s1. The maximum Gasteiger partial charge on any atom is 0.179 e. The number of benzene rings is 3. The summed E-state index contributed by atoms with van der Waals surface area (Å²) in [5.41, 5.74) is 8.44. The van der Waals surface area contributed by atoms with Gasteiger partial charge in [0, 0.05) is 17.4 Å². The number of hydrogen-bond donors (Lipinski definition) is 1. The van der Waals surface area contributed by atoms with Crippen LogP contribution in [-0.4, -0.2) is 26.4 Å². The van der Waals surface area contributed by atoms with Gasteiger partial charge >= 0.3 is 0 Å². The van der Waals surface area contributed by atoms with Gasteiger partial charge in [0.1, 0.15) is 0 Å². The molecule has 0 unspecified atom stereocenters. The Morgan fingerprint density at radius 2 is 1.56 bits per heavy atom. The predicted molar refractivity (Wildman–Crippen MR) is 157 cm³/mol. The highest BCUT2D eigenvalue weighted by molar-refractivity contribution is 6.51. The molecular formula is C32H27N7. The molecule has 0 saturated carbocycles. The minimum absolute atomic E-state index is 0.153. The van der Waals surface area contributed by atoms with Crippen molar-refractivity contribution in [3.05, 3.63) is 125 Å². The number of aromatic nitrogens is 3. The fourth-order valence-corrected chi connectivity index (χ4v) is 5.34. The summed E-state index contributed by atoms with van der Waals surface area (Å²) in [7, 11) is 0. The molecule has 190 valence electrons. The zero-order valence-electron chi connectivity index (χ0n) is 22.0. The third-order valence-corrected chi connectivity index (χ3v) is 7.39. The van der Waals surface area contributed by atoms with Gasteiger partial charge in [-0.2, -0.15) is 9.78 Å². The first-order valence-corrected chi connectivity index (χ1v) is 13.0. The number of anilines is 2. The summed E-state index contributed by atoms with van der Waals surface area (Å²) in [4.78, 5) is 17.2. The molecule has 0 radical (unpaired) electrons. The maximum absolute atomic E-state index is 5.27. The molecule has 4 heterocycles. The molecule has 0 bridgehead atoms. The highest BCUT2D eigenvalue weighted by atomic mass is 15.4. The average molecular weight is 510 g/mol. The van der Waals surface area contributed by atoms with Gasteiger partial charge in [0.15, 0.2) is 23.3 Å². The van der Waals surface area contributed by atoms with E-state index in [0.717, 1.165) is 51.4 Å². The molecule has 0 saturated heterocycles. The third-order valence-electron chi connectivity index (χ3n) is 7.39. The molecule has 2 aliphatic heterocycles. The van der Waals surface area contributed by atoms with Crippen LogP contribution in [0, 0.1) is 20.8 Å². The number of nitrogens with zero attached hydrogens (tertiary/aromatic N) is 6. The van der Waals surface area contributed by atoms with E-state index in [1.165, 1.54) is 11.1 Å². The molecule has 0 spiro atoms. The number of rotatable bonds is 3. The molecule has 1 N–H and O–H groups in total. The van der Waals surface area contributed by atoms with Crippen LogP contribution in [0.4, 0.5) is 22.9 Å². The van der Waals surface area contributed by atoms with Crippen molar-refractivity contribution in [1.82, 2.24) is 14.8 Å². The van der Waals surface area contributed by atoms with Crippen molar-refractivity contribution in [2.75, 3.05) is 10.2 Å². The molecule has 39 heavy (non-hydrogen) atoms. The Balaban J connectivity index is 1.49. The maximum atomic E-state index is 5.27. The van der Waals surface area contributed by atoms with Gasteiger partial charge in [0.2, 0.25) is 0 Å². The lowest BCUT2D eigenvalue weighted by molar-refractivity contribution is 0.810. The monoisotopic (exact) mass is 509 g/mol. The number of nitrogens with one attached hydrogen (secondary N) is 1. The van der Waals surface area contributed by atoms with E-state index in [9.17, 15) is 0 Å². The number of pyridine rings is 1. The summed E-state index contributed by atoms with van der Waals surface area (Å²) < 4.78 is 1.85. The lowest BCUT2D eigenvalue weighted by Crippen LogP contribution is -2.46. The summed E-state index contributed by atoms with van der Waals surface area (Å²) >= 11 is 0. The van der Waals surface area contributed by atoms with E-state index in [4.69, 9.17) is 15.1 Å². The van der Waals surface area contributed by atoms with Gasteiger partial charge in [0.05, 0.1) is 23.1 Å². The van der Waals surface area contributed by atoms with Gasteiger partial charge in [-0.05, 0) is 73.9 Å². The number of hydrogen-bond acceptors (Lipinski definition) is 6. The van der Waals surface area contributed by atoms with Crippen LogP contribution in [-0.2, 0) is 0 Å². The largest absolute Gasteiger partial charge is 0.337 e. The van der Waals surface area contributed by atoms with Gasteiger partial charge in [-0.15, -0.1) is 0 Å². The van der Waals surface area contributed by atoms with Gasteiger partial charge in [-0.25, -0.2) is 15.0 Å². The molecule has 0 aliphatic carbocycles. The van der Waals surface area contributed by atoms with Crippen LogP contribution in [0.5, 0.6) is 0 Å². The molecule has 7 nitrogen and oxygen atoms in total. The van der Waals surface area contributed by atoms with Crippen LogP contribution in [0.1, 0.15) is 34.0 Å². The SMILES string of the molecule is Cc1ccc(NC2=Nc3ccccc3N3C2=Nc2c(c(C)nn2-c2ccccn2)[C@@H]3c2ccccc2)cc1C. The highest BCUT2D eigenvalue weighted by Crippen LogP contribution is 2.48. The molecule has 0 fully saturated rings. The Morgan fingerprint density at radius 3 is 2.36 bits per heavy atom. The van der Waals surface area contributed by atoms with Crippen LogP contribution in [0.2, 0.25) is 0 Å². The molecule has 3 aromatic carbocycles. The van der Waals surface area contributed by atoms with E-state index in [1.54, 1.807) is 6.20 Å². The average Bonchev–Trinajstić information content (AvgIpc) is 3.31. The number of para-hydroxylation sites is 2. The van der Waals surface area contributed by atoms with E-state index >= 15 is 0 Å². The van der Waals surface area contributed by atoms with E-state index in [2.05, 4.69) is 89.7 Å². The van der Waals surface area contributed by atoms with Gasteiger partial charge < -0.3 is 10.2 Å². The fourth-order valence-electron chi connectivity index (χ4n) is 5.34. The van der Waals surface area contributed by atoms with Crippen molar-refractivity contribution in [2.45, 2.75) is 26.8 Å². The first kappa shape index (κ1) is 23.1. The molecular weight excluding hydrogens is 482 g/mol. The molecule has 2 aliphatic rings. The molecule has 5 aromatic rings. The number of fused-ring (bicyclic) bond motifs is 4. The van der Waals surface area contributed by atoms with Crippen molar-refractivity contribution in [2.24, 2.45) is 9.98 Å². The van der Waals surface area contributed by atoms with Crippen LogP contribution < -0.4 is 10.2 Å². The second-order valence-corrected chi connectivity index (χ2v) is 9.91. The second kappa shape index (κ2) is 9.06. The lowest BCUT2D eigenvalue weighted by atomic mass is 9.93. The summed E-state index contributed by atoms with van der Waals surface area (Å²) in [5.74, 6) is 2.92. The van der Waals surface area contributed by atoms with Crippen molar-refractivity contribution in [3.8, 4) is 5.82 Å². The van der Waals surface area contributed by atoms with Crippen molar-refractivity contribution >= 4 is 34.6 Å². The van der Waals surface area contributed by atoms with E-state index < -0.39 is 0 Å². The Morgan fingerprint density at radius 1 is 0.769 bits per heavy atom. The van der Waals surface area contributed by atoms with Crippen molar-refractivity contribution < 1.29 is 0 Å². The zero-order valence-corrected chi connectivity index (χ0v) is 22.0. The topological polar surface area (TPSA) is 70.7 Å². The predicted octanol–water partition coefficient (Wildman–Crippen LogP) is 6.99. The van der Waals surface area contributed by atoms with Crippen molar-refractivity contribution in [3.63, 3.8) is 0 Å². The quantitative estimate of drug-likeness (QED) is 0.285. The fraction of sp³-hybridized carbons (Fsp3) is 0.125. The second-order valence-electron chi connectivity index (χ2n) is 9.91. The summed E-state index contributed by atoms with van der Waals surface area (Å²) in [6.45, 7) is 6.29. The van der Waals surface area contributed by atoms with Crippen LogP contribution in [0.3, 0.4) is 0 Å². The number of aliphatic imine (C=N–C) groups is 2. The zero-order chi connectivity index (χ0) is 26.5. The number of amidine groups is 2. The minimum atomic E-state index is -0.153. The summed E-state index contributed by atoms with van der Waals surface area (Å²) in [6, 6.07) is 30.8. The Kier molecular flexibility index (Phi) is 5.37. The molecule has 0 amide bonds. The Labute approximate surface area is 227 Å². The summed E-state index contributed by atoms with van der Waals surface area (Å²) in [6.07, 6.45) is 1.78. The first-order valence-electron chi connectivity index (χ1n) is 13.0. The Bertz CT molecular complexity index is 1770. The Hall–Kier alpha value is -5.04. The van der Waals surface area contributed by atoms with E-state index in [1.807, 2.05) is 41.9 Å². The normalized spacial score (nSPS) is 15.6. The molecule has 7 heteroatoms. The van der Waals surface area contributed by atoms with E-state index in [-0.39, 0.29) is 6.04 Å².